The third-order valence-electron chi connectivity index (χ3n) is 3.83. The van der Waals surface area contributed by atoms with Crippen LogP contribution >= 0.6 is 0 Å². The summed E-state index contributed by atoms with van der Waals surface area (Å²) in [5.41, 5.74) is 3.77. The fraction of sp³-hybridized carbons (Fsp3) is 0.444. The number of fused-ring (bicyclic) bond motifs is 1. The summed E-state index contributed by atoms with van der Waals surface area (Å²) >= 11 is 0. The molecule has 0 unspecified atom stereocenters. The zero-order chi connectivity index (χ0) is 17.5. The molecule has 0 radical (unpaired) electrons. The Morgan fingerprint density at radius 2 is 1.67 bits per heavy atom. The van der Waals surface area contributed by atoms with Gasteiger partial charge in [0.15, 0.2) is 0 Å². The van der Waals surface area contributed by atoms with E-state index in [1.54, 1.807) is 18.2 Å². The zero-order valence-corrected chi connectivity index (χ0v) is 14.5. The van der Waals surface area contributed by atoms with Crippen LogP contribution in [0.25, 0.3) is 11.0 Å². The molecule has 0 saturated heterocycles. The average Bonchev–Trinajstić information content (AvgIpc) is 2.57. The van der Waals surface area contributed by atoms with Gasteiger partial charge in [-0.25, -0.2) is 9.97 Å². The molecular formula is C18H24N4O2. The minimum atomic E-state index is -0.181. The van der Waals surface area contributed by atoms with Gasteiger partial charge in [-0.1, -0.05) is 13.3 Å². The summed E-state index contributed by atoms with van der Waals surface area (Å²) in [5, 5.41) is 5.59. The summed E-state index contributed by atoms with van der Waals surface area (Å²) < 4.78 is 0. The van der Waals surface area contributed by atoms with Gasteiger partial charge in [-0.2, -0.15) is 0 Å². The van der Waals surface area contributed by atoms with E-state index in [0.29, 0.717) is 30.6 Å². The van der Waals surface area contributed by atoms with Crippen LogP contribution in [-0.4, -0.2) is 34.9 Å². The number of nitrogens with one attached hydrogen (secondary N) is 2. The Morgan fingerprint density at radius 1 is 1.00 bits per heavy atom. The Bertz CT molecular complexity index is 743. The first kappa shape index (κ1) is 17.8. The third-order valence-corrected chi connectivity index (χ3v) is 3.83. The summed E-state index contributed by atoms with van der Waals surface area (Å²) in [6, 6.07) is 5.28. The molecule has 6 heteroatoms. The Kier molecular flexibility index (Phi) is 6.23. The molecule has 1 aromatic carbocycles. The highest BCUT2D eigenvalue weighted by molar-refractivity contribution is 5.97. The molecule has 2 amide bonds. The molecule has 2 N–H and O–H groups in total. The van der Waals surface area contributed by atoms with E-state index in [1.165, 1.54) is 0 Å². The minimum Gasteiger partial charge on any atom is -0.354 e. The van der Waals surface area contributed by atoms with Crippen molar-refractivity contribution in [2.75, 3.05) is 13.1 Å². The van der Waals surface area contributed by atoms with Crippen LogP contribution in [0.5, 0.6) is 0 Å². The monoisotopic (exact) mass is 328 g/mol. The van der Waals surface area contributed by atoms with Crippen LogP contribution in [0.3, 0.4) is 0 Å². The first-order chi connectivity index (χ1) is 11.5. The summed E-state index contributed by atoms with van der Waals surface area (Å²) in [7, 11) is 0. The molecule has 0 aliphatic heterocycles. The van der Waals surface area contributed by atoms with E-state index in [4.69, 9.17) is 0 Å². The molecule has 24 heavy (non-hydrogen) atoms. The fourth-order valence-electron chi connectivity index (χ4n) is 2.28. The van der Waals surface area contributed by atoms with Crippen molar-refractivity contribution in [1.29, 1.82) is 0 Å². The lowest BCUT2D eigenvalue weighted by molar-refractivity contribution is -0.121. The predicted octanol–water partition coefficient (Wildman–Crippen LogP) is 2.28. The first-order valence-corrected chi connectivity index (χ1v) is 8.31. The summed E-state index contributed by atoms with van der Waals surface area (Å²) in [4.78, 5) is 32.6. The van der Waals surface area contributed by atoms with E-state index >= 15 is 0 Å². The fourth-order valence-corrected chi connectivity index (χ4v) is 2.28. The van der Waals surface area contributed by atoms with Gasteiger partial charge in [0.1, 0.15) is 0 Å². The number of carbonyl (C=O) groups is 2. The van der Waals surface area contributed by atoms with Gasteiger partial charge in [0.05, 0.1) is 22.4 Å². The van der Waals surface area contributed by atoms with Crippen LogP contribution < -0.4 is 10.6 Å². The van der Waals surface area contributed by atoms with Gasteiger partial charge < -0.3 is 10.6 Å². The highest BCUT2D eigenvalue weighted by Gasteiger charge is 2.08. The number of nitrogens with zero attached hydrogens (tertiary/aromatic N) is 2. The summed E-state index contributed by atoms with van der Waals surface area (Å²) in [6.07, 6.45) is 2.41. The number of aromatic nitrogens is 2. The standard InChI is InChI=1S/C18H24N4O2/c1-4-5-6-17(23)19-9-10-20-18(24)14-7-8-15-16(11-14)22-13(3)12(2)21-15/h7-8,11H,4-6,9-10H2,1-3H3,(H,19,23)(H,20,24). The predicted molar refractivity (Wildman–Crippen MR) is 93.9 cm³/mol. The molecule has 0 saturated carbocycles. The highest BCUT2D eigenvalue weighted by Crippen LogP contribution is 2.14. The first-order valence-electron chi connectivity index (χ1n) is 8.31. The number of aryl methyl sites for hydroxylation is 2. The lowest BCUT2D eigenvalue weighted by atomic mass is 10.1. The van der Waals surface area contributed by atoms with E-state index in [9.17, 15) is 9.59 Å². The molecule has 1 heterocycles. The largest absolute Gasteiger partial charge is 0.354 e. The molecule has 0 aliphatic carbocycles. The molecular weight excluding hydrogens is 304 g/mol. The van der Waals surface area contributed by atoms with Crippen LogP contribution in [0, 0.1) is 13.8 Å². The average molecular weight is 328 g/mol. The van der Waals surface area contributed by atoms with Crippen LogP contribution in [0.4, 0.5) is 0 Å². The van der Waals surface area contributed by atoms with Crippen molar-refractivity contribution >= 4 is 22.8 Å². The normalized spacial score (nSPS) is 10.6. The maximum absolute atomic E-state index is 12.2. The molecule has 0 atom stereocenters. The molecule has 0 aliphatic rings. The third kappa shape index (κ3) is 4.75. The number of benzene rings is 1. The number of amides is 2. The molecule has 2 rings (SSSR count). The van der Waals surface area contributed by atoms with Crippen molar-refractivity contribution in [2.45, 2.75) is 40.0 Å². The second-order valence-electron chi connectivity index (χ2n) is 5.81. The quantitative estimate of drug-likeness (QED) is 0.764. The molecule has 1 aromatic heterocycles. The number of carbonyl (C=O) groups excluding carboxylic acids is 2. The van der Waals surface area contributed by atoms with Crippen LogP contribution in [0.2, 0.25) is 0 Å². The van der Waals surface area contributed by atoms with Gasteiger partial charge in [-0.3, -0.25) is 9.59 Å². The molecule has 6 nitrogen and oxygen atoms in total. The van der Waals surface area contributed by atoms with Gasteiger partial charge >= 0.3 is 0 Å². The van der Waals surface area contributed by atoms with Crippen LogP contribution in [0.1, 0.15) is 47.9 Å². The van der Waals surface area contributed by atoms with Gasteiger partial charge in [-0.05, 0) is 38.5 Å². The van der Waals surface area contributed by atoms with Gasteiger partial charge in [0.25, 0.3) is 5.91 Å². The van der Waals surface area contributed by atoms with E-state index in [-0.39, 0.29) is 11.8 Å². The van der Waals surface area contributed by atoms with Crippen molar-refractivity contribution in [3.63, 3.8) is 0 Å². The summed E-state index contributed by atoms with van der Waals surface area (Å²) in [5.74, 6) is -0.155. The maximum Gasteiger partial charge on any atom is 0.251 e. The van der Waals surface area contributed by atoms with Gasteiger partial charge in [0.2, 0.25) is 5.91 Å². The smallest absolute Gasteiger partial charge is 0.251 e. The van der Waals surface area contributed by atoms with Crippen molar-refractivity contribution in [3.8, 4) is 0 Å². The zero-order valence-electron chi connectivity index (χ0n) is 14.5. The van der Waals surface area contributed by atoms with Crippen LogP contribution in [-0.2, 0) is 4.79 Å². The van der Waals surface area contributed by atoms with Crippen molar-refractivity contribution in [1.82, 2.24) is 20.6 Å². The van der Waals surface area contributed by atoms with Gasteiger partial charge in [-0.15, -0.1) is 0 Å². The van der Waals surface area contributed by atoms with Gasteiger partial charge in [0, 0.05) is 25.1 Å². The highest BCUT2D eigenvalue weighted by atomic mass is 16.2. The SMILES string of the molecule is CCCCC(=O)NCCNC(=O)c1ccc2nc(C)c(C)nc2c1. The Morgan fingerprint density at radius 3 is 2.38 bits per heavy atom. The molecule has 0 spiro atoms. The van der Waals surface area contributed by atoms with Crippen molar-refractivity contribution in [3.05, 3.63) is 35.2 Å². The number of hydrogen-bond acceptors (Lipinski definition) is 4. The molecule has 0 fully saturated rings. The van der Waals surface area contributed by atoms with E-state index in [2.05, 4.69) is 20.6 Å². The maximum atomic E-state index is 12.2. The number of unbranched alkanes of at least 4 members (excludes halogenated alkanes) is 1. The van der Waals surface area contributed by atoms with E-state index in [1.807, 2.05) is 20.8 Å². The van der Waals surface area contributed by atoms with Crippen LogP contribution in [0.15, 0.2) is 18.2 Å². The molecule has 2 aromatic rings. The number of hydrogen-bond donors (Lipinski definition) is 2. The Hall–Kier alpha value is -2.50. The Labute approximate surface area is 142 Å². The molecule has 128 valence electrons. The summed E-state index contributed by atoms with van der Waals surface area (Å²) in [6.45, 7) is 6.69. The minimum absolute atomic E-state index is 0.0259. The lowest BCUT2D eigenvalue weighted by Crippen LogP contribution is -2.34. The lowest BCUT2D eigenvalue weighted by Gasteiger charge is -2.08. The van der Waals surface area contributed by atoms with Crippen molar-refractivity contribution < 1.29 is 9.59 Å². The molecule has 0 bridgehead atoms. The Balaban J connectivity index is 1.89. The second kappa shape index (κ2) is 8.38. The van der Waals surface area contributed by atoms with E-state index < -0.39 is 0 Å². The van der Waals surface area contributed by atoms with E-state index in [0.717, 1.165) is 29.7 Å². The topological polar surface area (TPSA) is 84.0 Å². The number of rotatable bonds is 7. The van der Waals surface area contributed by atoms with Crippen molar-refractivity contribution in [2.24, 2.45) is 0 Å². The second-order valence-corrected chi connectivity index (χ2v) is 5.81.